The van der Waals surface area contributed by atoms with Gasteiger partial charge in [-0.25, -0.2) is 4.68 Å². The molecule has 0 spiro atoms. The van der Waals surface area contributed by atoms with Gasteiger partial charge in [-0.05, 0) is 0 Å². The van der Waals surface area contributed by atoms with Crippen molar-refractivity contribution in [2.75, 3.05) is 21.3 Å². The minimum atomic E-state index is -0.498. The zero-order chi connectivity index (χ0) is 11.3. The van der Waals surface area contributed by atoms with Gasteiger partial charge in [0.05, 0.1) is 13.7 Å². The maximum absolute atomic E-state index is 11.4. The molecular weight excluding hydrogens is 200 g/mol. The van der Waals surface area contributed by atoms with Gasteiger partial charge in [-0.2, -0.15) is 0 Å². The SMILES string of the molecule is COc1ccc(=O)n(CC(OC)OC)n1. The molecule has 0 aliphatic carbocycles. The summed E-state index contributed by atoms with van der Waals surface area (Å²) in [6, 6.07) is 2.89. The molecule has 6 heteroatoms. The van der Waals surface area contributed by atoms with E-state index in [1.807, 2.05) is 0 Å². The summed E-state index contributed by atoms with van der Waals surface area (Å²) in [6.07, 6.45) is -0.498. The summed E-state index contributed by atoms with van der Waals surface area (Å²) in [4.78, 5) is 11.4. The van der Waals surface area contributed by atoms with Crippen molar-refractivity contribution >= 4 is 0 Å². The van der Waals surface area contributed by atoms with Crippen LogP contribution in [-0.2, 0) is 16.0 Å². The molecule has 0 fully saturated rings. The van der Waals surface area contributed by atoms with E-state index in [9.17, 15) is 4.79 Å². The van der Waals surface area contributed by atoms with E-state index in [1.54, 1.807) is 0 Å². The summed E-state index contributed by atoms with van der Waals surface area (Å²) in [6.45, 7) is 0.225. The smallest absolute Gasteiger partial charge is 0.267 e. The van der Waals surface area contributed by atoms with Crippen LogP contribution in [0.15, 0.2) is 16.9 Å². The van der Waals surface area contributed by atoms with Crippen molar-refractivity contribution in [2.24, 2.45) is 0 Å². The van der Waals surface area contributed by atoms with E-state index in [0.29, 0.717) is 5.88 Å². The molecule has 1 aromatic heterocycles. The second-order valence-corrected chi connectivity index (χ2v) is 2.80. The van der Waals surface area contributed by atoms with Crippen LogP contribution in [0.2, 0.25) is 0 Å². The summed E-state index contributed by atoms with van der Waals surface area (Å²) >= 11 is 0. The minimum Gasteiger partial charge on any atom is -0.480 e. The Hall–Kier alpha value is -1.40. The Bertz CT molecular complexity index is 359. The highest BCUT2D eigenvalue weighted by molar-refractivity contribution is 5.05. The van der Waals surface area contributed by atoms with Gasteiger partial charge in [0.1, 0.15) is 0 Å². The molecule has 0 aliphatic heterocycles. The topological polar surface area (TPSA) is 62.6 Å². The van der Waals surface area contributed by atoms with Gasteiger partial charge < -0.3 is 14.2 Å². The van der Waals surface area contributed by atoms with E-state index in [0.717, 1.165) is 0 Å². The number of aromatic nitrogens is 2. The lowest BCUT2D eigenvalue weighted by atomic mass is 10.5. The molecule has 84 valence electrons. The highest BCUT2D eigenvalue weighted by Gasteiger charge is 2.09. The van der Waals surface area contributed by atoms with Gasteiger partial charge in [0, 0.05) is 26.4 Å². The van der Waals surface area contributed by atoms with Crippen molar-refractivity contribution < 1.29 is 14.2 Å². The zero-order valence-electron chi connectivity index (χ0n) is 8.97. The molecule has 1 aromatic rings. The maximum Gasteiger partial charge on any atom is 0.267 e. The number of hydrogen-bond acceptors (Lipinski definition) is 5. The van der Waals surface area contributed by atoms with Crippen LogP contribution in [0.5, 0.6) is 5.88 Å². The lowest BCUT2D eigenvalue weighted by Crippen LogP contribution is -2.30. The Morgan fingerprint density at radius 2 is 2.00 bits per heavy atom. The summed E-state index contributed by atoms with van der Waals surface area (Å²) in [5.74, 6) is 0.376. The Balaban J connectivity index is 2.87. The number of methoxy groups -OCH3 is 3. The quantitative estimate of drug-likeness (QED) is 0.639. The van der Waals surface area contributed by atoms with E-state index < -0.39 is 6.29 Å². The van der Waals surface area contributed by atoms with Crippen LogP contribution in [0.3, 0.4) is 0 Å². The third kappa shape index (κ3) is 3.03. The van der Waals surface area contributed by atoms with Crippen molar-refractivity contribution in [3.8, 4) is 5.88 Å². The number of hydrogen-bond donors (Lipinski definition) is 0. The number of nitrogens with zero attached hydrogens (tertiary/aromatic N) is 2. The van der Waals surface area contributed by atoms with Crippen molar-refractivity contribution in [2.45, 2.75) is 12.8 Å². The van der Waals surface area contributed by atoms with Crippen LogP contribution in [-0.4, -0.2) is 37.4 Å². The molecule has 1 heterocycles. The predicted octanol–water partition coefficient (Wildman–Crippen LogP) is -0.129. The van der Waals surface area contributed by atoms with Crippen molar-refractivity contribution in [3.63, 3.8) is 0 Å². The first-order valence-corrected chi connectivity index (χ1v) is 4.39. The van der Waals surface area contributed by atoms with Gasteiger partial charge in [0.2, 0.25) is 5.88 Å². The average molecular weight is 214 g/mol. The lowest BCUT2D eigenvalue weighted by molar-refractivity contribution is -0.113. The fourth-order valence-corrected chi connectivity index (χ4v) is 1.06. The van der Waals surface area contributed by atoms with Crippen LogP contribution >= 0.6 is 0 Å². The molecule has 0 N–H and O–H groups in total. The third-order valence-corrected chi connectivity index (χ3v) is 1.90. The first-order valence-electron chi connectivity index (χ1n) is 4.39. The molecule has 0 saturated heterocycles. The fourth-order valence-electron chi connectivity index (χ4n) is 1.06. The van der Waals surface area contributed by atoms with Crippen LogP contribution in [0.25, 0.3) is 0 Å². The Morgan fingerprint density at radius 3 is 2.53 bits per heavy atom. The molecule has 0 aromatic carbocycles. The molecule has 1 rings (SSSR count). The Labute approximate surface area is 87.4 Å². The van der Waals surface area contributed by atoms with Gasteiger partial charge in [0.15, 0.2) is 6.29 Å². The van der Waals surface area contributed by atoms with Crippen LogP contribution in [0.4, 0.5) is 0 Å². The second-order valence-electron chi connectivity index (χ2n) is 2.80. The standard InChI is InChI=1S/C9H14N2O4/c1-13-7-4-5-8(12)11(10-7)6-9(14-2)15-3/h4-5,9H,6H2,1-3H3. The van der Waals surface area contributed by atoms with E-state index in [4.69, 9.17) is 14.2 Å². The van der Waals surface area contributed by atoms with Crippen LogP contribution < -0.4 is 10.3 Å². The summed E-state index contributed by atoms with van der Waals surface area (Å²) in [7, 11) is 4.49. The zero-order valence-corrected chi connectivity index (χ0v) is 8.97. The van der Waals surface area contributed by atoms with E-state index in [2.05, 4.69) is 5.10 Å². The summed E-state index contributed by atoms with van der Waals surface area (Å²) in [5, 5.41) is 3.95. The number of rotatable bonds is 5. The minimum absolute atomic E-state index is 0.225. The predicted molar refractivity (Wildman–Crippen MR) is 52.9 cm³/mol. The molecular formula is C9H14N2O4. The van der Waals surface area contributed by atoms with Crippen molar-refractivity contribution in [1.29, 1.82) is 0 Å². The molecule has 0 saturated carbocycles. The largest absolute Gasteiger partial charge is 0.480 e. The molecule has 0 atom stereocenters. The summed E-state index contributed by atoms with van der Waals surface area (Å²) in [5.41, 5.74) is -0.227. The van der Waals surface area contributed by atoms with Gasteiger partial charge in [-0.3, -0.25) is 4.79 Å². The van der Waals surface area contributed by atoms with Gasteiger partial charge >= 0.3 is 0 Å². The monoisotopic (exact) mass is 214 g/mol. The maximum atomic E-state index is 11.4. The van der Waals surface area contributed by atoms with Gasteiger partial charge in [-0.15, -0.1) is 5.10 Å². The number of ether oxygens (including phenoxy) is 3. The average Bonchev–Trinajstić information content (AvgIpc) is 2.28. The molecule has 6 nitrogen and oxygen atoms in total. The van der Waals surface area contributed by atoms with E-state index >= 15 is 0 Å². The molecule has 0 amide bonds. The van der Waals surface area contributed by atoms with Crippen molar-refractivity contribution in [3.05, 3.63) is 22.5 Å². The Morgan fingerprint density at radius 1 is 1.33 bits per heavy atom. The highest BCUT2D eigenvalue weighted by atomic mass is 16.7. The fraction of sp³-hybridized carbons (Fsp3) is 0.556. The Kier molecular flexibility index (Phi) is 4.26. The molecule has 0 radical (unpaired) electrons. The highest BCUT2D eigenvalue weighted by Crippen LogP contribution is 2.01. The van der Waals surface area contributed by atoms with Crippen molar-refractivity contribution in [1.82, 2.24) is 9.78 Å². The van der Waals surface area contributed by atoms with E-state index in [-0.39, 0.29) is 12.1 Å². The molecule has 0 aliphatic rings. The third-order valence-electron chi connectivity index (χ3n) is 1.90. The first-order chi connectivity index (χ1) is 7.21. The molecule has 0 bridgehead atoms. The first kappa shape index (κ1) is 11.7. The normalized spacial score (nSPS) is 10.7. The van der Waals surface area contributed by atoms with Crippen LogP contribution in [0, 0.1) is 0 Å². The van der Waals surface area contributed by atoms with Crippen LogP contribution in [0.1, 0.15) is 0 Å². The lowest BCUT2D eigenvalue weighted by Gasteiger charge is -2.14. The van der Waals surface area contributed by atoms with Gasteiger partial charge in [-0.1, -0.05) is 0 Å². The molecule has 0 unspecified atom stereocenters. The molecule has 15 heavy (non-hydrogen) atoms. The second kappa shape index (κ2) is 5.47. The van der Waals surface area contributed by atoms with E-state index in [1.165, 1.54) is 38.1 Å². The summed E-state index contributed by atoms with van der Waals surface area (Å²) < 4.78 is 16.1. The van der Waals surface area contributed by atoms with Gasteiger partial charge in [0.25, 0.3) is 5.56 Å².